The van der Waals surface area contributed by atoms with E-state index in [0.29, 0.717) is 43.1 Å². The highest BCUT2D eigenvalue weighted by atomic mass is 32.2. The molecule has 0 unspecified atom stereocenters. The number of carbonyl (C=O) groups excluding carboxylic acids is 2. The molecule has 0 spiro atoms. The number of piperidine rings is 1. The number of rotatable bonds is 3. The molecule has 9 heteroatoms. The molecule has 172 valence electrons. The van der Waals surface area contributed by atoms with Crippen molar-refractivity contribution in [3.63, 3.8) is 0 Å². The van der Waals surface area contributed by atoms with Gasteiger partial charge in [0.25, 0.3) is 0 Å². The monoisotopic (exact) mass is 466 g/mol. The molecule has 3 aliphatic heterocycles. The van der Waals surface area contributed by atoms with Gasteiger partial charge in [-0.3, -0.25) is 4.79 Å². The third kappa shape index (κ3) is 4.62. The molecule has 2 aromatic carbocycles. The summed E-state index contributed by atoms with van der Waals surface area (Å²) in [4.78, 5) is 39.7. The summed E-state index contributed by atoms with van der Waals surface area (Å²) in [6.07, 6.45) is 3.31. The fourth-order valence-electron chi connectivity index (χ4n) is 4.30. The lowest BCUT2D eigenvalue weighted by molar-refractivity contribution is -0.150. The van der Waals surface area contributed by atoms with Gasteiger partial charge in [-0.1, -0.05) is 17.8 Å². The van der Waals surface area contributed by atoms with Crippen LogP contribution in [0.5, 0.6) is 0 Å². The topological polar surface area (TPSA) is 97.5 Å². The van der Waals surface area contributed by atoms with Crippen LogP contribution < -0.4 is 5.73 Å². The summed E-state index contributed by atoms with van der Waals surface area (Å²) in [5, 5.41) is 1.63. The smallest absolute Gasteiger partial charge is 0.357 e. The Balaban J connectivity index is 1.55. The van der Waals surface area contributed by atoms with E-state index in [1.54, 1.807) is 23.3 Å². The zero-order valence-corrected chi connectivity index (χ0v) is 19.1. The number of hydrogen-bond donors (Lipinski definition) is 1. The molecule has 3 aliphatic rings. The first-order chi connectivity index (χ1) is 16.1. The Kier molecular flexibility index (Phi) is 6.34. The average molecular weight is 467 g/mol. The Bertz CT molecular complexity index is 1110. The van der Waals surface area contributed by atoms with Crippen molar-refractivity contribution >= 4 is 35.2 Å². The van der Waals surface area contributed by atoms with Crippen molar-refractivity contribution < 1.29 is 19.2 Å². The van der Waals surface area contributed by atoms with Gasteiger partial charge in [0.15, 0.2) is 0 Å². The number of likely N-dealkylation sites (tertiary alicyclic amines) is 1. The van der Waals surface area contributed by atoms with E-state index in [4.69, 9.17) is 20.3 Å². The molecule has 2 saturated heterocycles. The maximum atomic E-state index is 12.8. The van der Waals surface area contributed by atoms with Gasteiger partial charge in [0.1, 0.15) is 5.84 Å². The van der Waals surface area contributed by atoms with Gasteiger partial charge in [0, 0.05) is 28.4 Å². The maximum absolute atomic E-state index is 12.8. The van der Waals surface area contributed by atoms with E-state index in [0.717, 1.165) is 47.1 Å². The zero-order chi connectivity index (χ0) is 22.8. The lowest BCUT2D eigenvalue weighted by Gasteiger charge is -2.30. The highest BCUT2D eigenvalue weighted by Gasteiger charge is 2.28. The van der Waals surface area contributed by atoms with Crippen molar-refractivity contribution in [3.05, 3.63) is 53.1 Å². The summed E-state index contributed by atoms with van der Waals surface area (Å²) in [6.45, 7) is 3.91. The molecule has 0 aromatic heterocycles. The van der Waals surface area contributed by atoms with Gasteiger partial charge in [-0.25, -0.2) is 9.79 Å². The summed E-state index contributed by atoms with van der Waals surface area (Å²) in [7, 11) is 0. The van der Waals surface area contributed by atoms with E-state index in [-0.39, 0.29) is 0 Å². The molecule has 0 bridgehead atoms. The number of amides is 1. The van der Waals surface area contributed by atoms with Gasteiger partial charge in [-0.2, -0.15) is 0 Å². The molecule has 0 radical (unpaired) electrons. The number of nitrogens with two attached hydrogens (primary N) is 1. The molecular formula is C24H26N4O4S. The van der Waals surface area contributed by atoms with Gasteiger partial charge in [0.2, 0.25) is 5.91 Å². The van der Waals surface area contributed by atoms with Gasteiger partial charge in [-0.05, 0) is 49.6 Å². The van der Waals surface area contributed by atoms with Crippen molar-refractivity contribution in [1.82, 2.24) is 9.96 Å². The number of morpholine rings is 1. The standard InChI is InChI=1S/C24H26N4O4S/c25-22(29)17-5-4-6-20-21(17)23(27-9-2-1-3-10-27)26-18-15-16(7-8-19(18)33-20)24(30)32-28-11-13-31-14-12-28/h4-8,15H,1-3,9-14H2,(H2,25,29). The second-order valence-electron chi connectivity index (χ2n) is 8.23. The van der Waals surface area contributed by atoms with Crippen molar-refractivity contribution in [1.29, 1.82) is 0 Å². The summed E-state index contributed by atoms with van der Waals surface area (Å²) < 4.78 is 5.31. The Morgan fingerprint density at radius 3 is 2.55 bits per heavy atom. The quantitative estimate of drug-likeness (QED) is 0.742. The zero-order valence-electron chi connectivity index (χ0n) is 18.3. The molecule has 1 amide bonds. The number of nitrogens with zero attached hydrogens (tertiary/aromatic N) is 3. The molecular weight excluding hydrogens is 440 g/mol. The molecule has 2 aromatic rings. The van der Waals surface area contributed by atoms with Crippen LogP contribution in [0.2, 0.25) is 0 Å². The highest BCUT2D eigenvalue weighted by molar-refractivity contribution is 7.99. The van der Waals surface area contributed by atoms with Crippen molar-refractivity contribution in [2.24, 2.45) is 10.7 Å². The third-order valence-electron chi connectivity index (χ3n) is 5.99. The van der Waals surface area contributed by atoms with Gasteiger partial charge >= 0.3 is 5.97 Å². The minimum atomic E-state index is -0.474. The number of benzene rings is 2. The van der Waals surface area contributed by atoms with E-state index in [1.807, 2.05) is 18.2 Å². The van der Waals surface area contributed by atoms with E-state index < -0.39 is 11.9 Å². The molecule has 0 atom stereocenters. The van der Waals surface area contributed by atoms with Crippen LogP contribution in [0, 0.1) is 0 Å². The Morgan fingerprint density at radius 1 is 1.00 bits per heavy atom. The minimum absolute atomic E-state index is 0.418. The molecule has 3 heterocycles. The second kappa shape index (κ2) is 9.54. The lowest BCUT2D eigenvalue weighted by atomic mass is 10.0. The van der Waals surface area contributed by atoms with Crippen LogP contribution in [-0.2, 0) is 9.57 Å². The Hall–Kier alpha value is -2.88. The van der Waals surface area contributed by atoms with Crippen LogP contribution in [0.4, 0.5) is 5.69 Å². The van der Waals surface area contributed by atoms with Crippen molar-refractivity contribution in [2.75, 3.05) is 39.4 Å². The van der Waals surface area contributed by atoms with Crippen LogP contribution in [0.15, 0.2) is 51.2 Å². The van der Waals surface area contributed by atoms with E-state index in [9.17, 15) is 9.59 Å². The fraction of sp³-hybridized carbons (Fsp3) is 0.375. The molecule has 2 fully saturated rings. The number of fused-ring (bicyclic) bond motifs is 2. The van der Waals surface area contributed by atoms with E-state index in [1.165, 1.54) is 18.2 Å². The molecule has 2 N–H and O–H groups in total. The number of primary amides is 1. The third-order valence-corrected chi connectivity index (χ3v) is 7.12. The maximum Gasteiger partial charge on any atom is 0.357 e. The number of hydroxylamine groups is 2. The first kappa shape index (κ1) is 21.9. The number of aliphatic imine (C=N–C) groups is 1. The molecule has 0 aliphatic carbocycles. The molecule has 0 saturated carbocycles. The lowest BCUT2D eigenvalue weighted by Crippen LogP contribution is -2.38. The first-order valence-electron chi connectivity index (χ1n) is 11.2. The van der Waals surface area contributed by atoms with Crippen LogP contribution in [0.3, 0.4) is 0 Å². The SMILES string of the molecule is NC(=O)c1cccc2c1C(N1CCCCC1)=Nc1cc(C(=O)ON3CCOCC3)ccc1S2. The summed E-state index contributed by atoms with van der Waals surface area (Å²) in [5.74, 6) is -0.152. The Labute approximate surface area is 196 Å². The molecule has 33 heavy (non-hydrogen) atoms. The van der Waals surface area contributed by atoms with Crippen molar-refractivity contribution in [2.45, 2.75) is 29.1 Å². The average Bonchev–Trinajstić information content (AvgIpc) is 3.01. The minimum Gasteiger partial charge on any atom is -0.379 e. The summed E-state index contributed by atoms with van der Waals surface area (Å²) in [5.41, 5.74) is 8.09. The molecule has 5 rings (SSSR count). The van der Waals surface area contributed by atoms with Crippen LogP contribution in [-0.4, -0.2) is 67.1 Å². The summed E-state index contributed by atoms with van der Waals surface area (Å²) >= 11 is 1.53. The fourth-order valence-corrected chi connectivity index (χ4v) is 5.33. The predicted octanol–water partition coefficient (Wildman–Crippen LogP) is 3.22. The number of carbonyl (C=O) groups is 2. The van der Waals surface area contributed by atoms with E-state index >= 15 is 0 Å². The van der Waals surface area contributed by atoms with E-state index in [2.05, 4.69) is 4.90 Å². The first-order valence-corrected chi connectivity index (χ1v) is 12.1. The normalized spacial score (nSPS) is 18.5. The van der Waals surface area contributed by atoms with Gasteiger partial charge < -0.3 is 20.2 Å². The van der Waals surface area contributed by atoms with Gasteiger partial charge in [0.05, 0.1) is 43.1 Å². The van der Waals surface area contributed by atoms with Crippen LogP contribution in [0.1, 0.15) is 45.5 Å². The Morgan fingerprint density at radius 2 is 1.79 bits per heavy atom. The van der Waals surface area contributed by atoms with Crippen molar-refractivity contribution in [3.8, 4) is 0 Å². The number of ether oxygens (including phenoxy) is 1. The number of hydrogen-bond acceptors (Lipinski definition) is 8. The largest absolute Gasteiger partial charge is 0.379 e. The number of amidine groups is 1. The highest BCUT2D eigenvalue weighted by Crippen LogP contribution is 2.42. The van der Waals surface area contributed by atoms with Crippen LogP contribution in [0.25, 0.3) is 0 Å². The predicted molar refractivity (Wildman–Crippen MR) is 125 cm³/mol. The van der Waals surface area contributed by atoms with Gasteiger partial charge in [-0.15, -0.1) is 5.06 Å². The van der Waals surface area contributed by atoms with Crippen LogP contribution >= 0.6 is 11.8 Å². The second-order valence-corrected chi connectivity index (χ2v) is 9.31. The molecule has 8 nitrogen and oxygen atoms in total. The summed E-state index contributed by atoms with van der Waals surface area (Å²) in [6, 6.07) is 11.0.